The van der Waals surface area contributed by atoms with E-state index in [1.165, 1.54) is 12.3 Å². The summed E-state index contributed by atoms with van der Waals surface area (Å²) in [6.45, 7) is 2.88. The lowest BCUT2D eigenvalue weighted by Crippen LogP contribution is -2.51. The number of hydrogen-bond donors (Lipinski definition) is 3. The molecule has 0 radical (unpaired) electrons. The summed E-state index contributed by atoms with van der Waals surface area (Å²) >= 11 is 0. The van der Waals surface area contributed by atoms with Crippen LogP contribution < -0.4 is 16.0 Å². The number of urea groups is 1. The van der Waals surface area contributed by atoms with Gasteiger partial charge < -0.3 is 29.8 Å². The molecule has 0 fully saturated rings. The van der Waals surface area contributed by atoms with Crippen LogP contribution in [0.3, 0.4) is 0 Å². The normalized spacial score (nSPS) is 16.2. The van der Waals surface area contributed by atoms with Gasteiger partial charge in [-0.05, 0) is 25.5 Å². The zero-order chi connectivity index (χ0) is 19.8. The van der Waals surface area contributed by atoms with Gasteiger partial charge in [-0.3, -0.25) is 9.59 Å². The molecule has 10 nitrogen and oxygen atoms in total. The van der Waals surface area contributed by atoms with Crippen molar-refractivity contribution >= 4 is 23.9 Å². The topological polar surface area (TPSA) is 136 Å². The van der Waals surface area contributed by atoms with E-state index >= 15 is 0 Å². The van der Waals surface area contributed by atoms with Crippen LogP contribution in [0.15, 0.2) is 34.1 Å². The van der Waals surface area contributed by atoms with E-state index in [4.69, 9.17) is 13.9 Å². The first kappa shape index (κ1) is 20.0. The van der Waals surface area contributed by atoms with Gasteiger partial charge in [-0.25, -0.2) is 9.59 Å². The van der Waals surface area contributed by atoms with Crippen molar-refractivity contribution in [1.82, 2.24) is 16.0 Å². The first-order chi connectivity index (χ1) is 13.0. The summed E-state index contributed by atoms with van der Waals surface area (Å²) in [7, 11) is 0. The van der Waals surface area contributed by atoms with Crippen LogP contribution in [0.2, 0.25) is 0 Å². The number of hydrogen-bond acceptors (Lipinski definition) is 7. The monoisotopic (exact) mass is 379 g/mol. The average Bonchev–Trinajstić information content (AvgIpc) is 3.18. The number of amides is 3. The minimum Gasteiger partial charge on any atom is -0.463 e. The van der Waals surface area contributed by atoms with E-state index in [1.54, 1.807) is 19.9 Å². The molecular formula is C17H21N3O7. The van der Waals surface area contributed by atoms with Gasteiger partial charge in [0.2, 0.25) is 0 Å². The first-order valence-corrected chi connectivity index (χ1v) is 8.41. The van der Waals surface area contributed by atoms with Crippen molar-refractivity contribution in [1.29, 1.82) is 0 Å². The minimum absolute atomic E-state index is 0.0616. The second-order valence-corrected chi connectivity index (χ2v) is 5.49. The van der Waals surface area contributed by atoms with Gasteiger partial charge >= 0.3 is 18.0 Å². The highest BCUT2D eigenvalue weighted by atomic mass is 16.5. The quantitative estimate of drug-likeness (QED) is 0.558. The number of rotatable bonds is 8. The SMILES string of the molecule is CCOC(=O)C1=C(COC(=O)CNC(=O)c2ccco2)NC(=O)N[C@H]1CC. The third-order valence-electron chi connectivity index (χ3n) is 3.66. The molecule has 0 aromatic carbocycles. The first-order valence-electron chi connectivity index (χ1n) is 8.41. The molecule has 0 unspecified atom stereocenters. The summed E-state index contributed by atoms with van der Waals surface area (Å²) in [4.78, 5) is 47.5. The zero-order valence-electron chi connectivity index (χ0n) is 15.0. The summed E-state index contributed by atoms with van der Waals surface area (Å²) < 4.78 is 15.0. The highest BCUT2D eigenvalue weighted by Crippen LogP contribution is 2.17. The van der Waals surface area contributed by atoms with Crippen LogP contribution in [0, 0.1) is 0 Å². The van der Waals surface area contributed by atoms with Gasteiger partial charge in [0, 0.05) is 0 Å². The predicted molar refractivity (Wildman–Crippen MR) is 91.4 cm³/mol. The maximum atomic E-state index is 12.2. The van der Waals surface area contributed by atoms with Gasteiger partial charge in [-0.15, -0.1) is 0 Å². The Kier molecular flexibility index (Phi) is 6.98. The van der Waals surface area contributed by atoms with Gasteiger partial charge in [0.05, 0.1) is 30.2 Å². The van der Waals surface area contributed by atoms with E-state index in [1.807, 2.05) is 0 Å². The van der Waals surface area contributed by atoms with E-state index in [9.17, 15) is 19.2 Å². The molecule has 0 bridgehead atoms. The Balaban J connectivity index is 1.98. The summed E-state index contributed by atoms with van der Waals surface area (Å²) in [5.74, 6) is -1.85. The summed E-state index contributed by atoms with van der Waals surface area (Å²) in [6.07, 6.45) is 1.79. The van der Waals surface area contributed by atoms with Crippen molar-refractivity contribution in [2.75, 3.05) is 19.8 Å². The highest BCUT2D eigenvalue weighted by Gasteiger charge is 2.32. The van der Waals surface area contributed by atoms with Crippen LogP contribution in [0.4, 0.5) is 4.79 Å². The summed E-state index contributed by atoms with van der Waals surface area (Å²) in [6, 6.07) is 1.94. The lowest BCUT2D eigenvalue weighted by molar-refractivity contribution is -0.142. The van der Waals surface area contributed by atoms with Crippen LogP contribution in [0.25, 0.3) is 0 Å². The Labute approximate surface area is 155 Å². The molecule has 1 aliphatic rings. The van der Waals surface area contributed by atoms with Crippen molar-refractivity contribution in [3.63, 3.8) is 0 Å². The maximum absolute atomic E-state index is 12.2. The Morgan fingerprint density at radius 2 is 2.04 bits per heavy atom. The lowest BCUT2D eigenvalue weighted by atomic mass is 10.0. The van der Waals surface area contributed by atoms with Crippen molar-refractivity contribution in [3.8, 4) is 0 Å². The molecule has 1 atom stereocenters. The fourth-order valence-corrected chi connectivity index (χ4v) is 2.43. The molecule has 1 aromatic heterocycles. The van der Waals surface area contributed by atoms with E-state index in [2.05, 4.69) is 16.0 Å². The lowest BCUT2D eigenvalue weighted by Gasteiger charge is -2.28. The zero-order valence-corrected chi connectivity index (χ0v) is 15.0. The number of ether oxygens (including phenoxy) is 2. The Morgan fingerprint density at radius 3 is 2.67 bits per heavy atom. The van der Waals surface area contributed by atoms with Crippen molar-refractivity contribution in [3.05, 3.63) is 35.4 Å². The largest absolute Gasteiger partial charge is 0.463 e. The number of carbonyl (C=O) groups is 4. The molecule has 0 saturated heterocycles. The molecule has 10 heteroatoms. The van der Waals surface area contributed by atoms with E-state index < -0.39 is 36.5 Å². The summed E-state index contributed by atoms with van der Waals surface area (Å²) in [5.41, 5.74) is 0.348. The molecule has 2 heterocycles. The van der Waals surface area contributed by atoms with E-state index in [-0.39, 0.29) is 30.2 Å². The van der Waals surface area contributed by atoms with Crippen LogP contribution in [-0.4, -0.2) is 49.7 Å². The maximum Gasteiger partial charge on any atom is 0.338 e. The second kappa shape index (κ2) is 9.41. The van der Waals surface area contributed by atoms with E-state index in [0.29, 0.717) is 6.42 Å². The molecular weight excluding hydrogens is 358 g/mol. The Hall–Kier alpha value is -3.30. The minimum atomic E-state index is -0.744. The second-order valence-electron chi connectivity index (χ2n) is 5.49. The molecule has 2 rings (SSSR count). The molecule has 3 N–H and O–H groups in total. The number of furan rings is 1. The fourth-order valence-electron chi connectivity index (χ4n) is 2.43. The number of nitrogens with one attached hydrogen (secondary N) is 3. The average molecular weight is 379 g/mol. The highest BCUT2D eigenvalue weighted by molar-refractivity contribution is 5.95. The van der Waals surface area contributed by atoms with Crippen LogP contribution >= 0.6 is 0 Å². The van der Waals surface area contributed by atoms with Gasteiger partial charge in [-0.1, -0.05) is 6.92 Å². The predicted octanol–water partition coefficient (Wildman–Crippen LogP) is 0.461. The molecule has 146 valence electrons. The van der Waals surface area contributed by atoms with Gasteiger partial charge in [-0.2, -0.15) is 0 Å². The molecule has 0 spiro atoms. The van der Waals surface area contributed by atoms with Gasteiger partial charge in [0.15, 0.2) is 5.76 Å². The molecule has 27 heavy (non-hydrogen) atoms. The third-order valence-corrected chi connectivity index (χ3v) is 3.66. The van der Waals surface area contributed by atoms with Crippen molar-refractivity contribution < 1.29 is 33.1 Å². The van der Waals surface area contributed by atoms with E-state index in [0.717, 1.165) is 0 Å². The van der Waals surface area contributed by atoms with Crippen LogP contribution in [-0.2, 0) is 19.1 Å². The van der Waals surface area contributed by atoms with Gasteiger partial charge in [0.1, 0.15) is 13.2 Å². The fraction of sp³-hybridized carbons (Fsp3) is 0.412. The van der Waals surface area contributed by atoms with Crippen LogP contribution in [0.1, 0.15) is 30.8 Å². The molecule has 1 aromatic rings. The smallest absolute Gasteiger partial charge is 0.338 e. The standard InChI is InChI=1S/C17H21N3O7/c1-3-10-14(16(23)25-4-2)11(20-17(24)19-10)9-27-13(21)8-18-15(22)12-6-5-7-26-12/h5-7,10H,3-4,8-9H2,1-2H3,(H,18,22)(H2,19,20,24)/t10-/m0/s1. The Bertz CT molecular complexity index is 740. The van der Waals surface area contributed by atoms with Crippen LogP contribution in [0.5, 0.6) is 0 Å². The molecule has 3 amide bonds. The molecule has 0 saturated carbocycles. The van der Waals surface area contributed by atoms with Crippen molar-refractivity contribution in [2.45, 2.75) is 26.3 Å². The van der Waals surface area contributed by atoms with Crippen molar-refractivity contribution in [2.24, 2.45) is 0 Å². The Morgan fingerprint density at radius 1 is 1.26 bits per heavy atom. The van der Waals surface area contributed by atoms with Gasteiger partial charge in [0.25, 0.3) is 5.91 Å². The molecule has 1 aliphatic heterocycles. The number of esters is 2. The third kappa shape index (κ3) is 5.33. The summed E-state index contributed by atoms with van der Waals surface area (Å²) in [5, 5.41) is 7.41. The number of carbonyl (C=O) groups excluding carboxylic acids is 4. The molecule has 0 aliphatic carbocycles.